The van der Waals surface area contributed by atoms with Gasteiger partial charge in [-0.1, -0.05) is 19.4 Å². The Morgan fingerprint density at radius 2 is 1.79 bits per heavy atom. The van der Waals surface area contributed by atoms with E-state index in [4.69, 9.17) is 9.47 Å². The van der Waals surface area contributed by atoms with Crippen LogP contribution in [-0.2, 0) is 30.3 Å². The van der Waals surface area contributed by atoms with Gasteiger partial charge in [-0.25, -0.2) is 4.79 Å². The molecule has 3 saturated carbocycles. The van der Waals surface area contributed by atoms with Gasteiger partial charge in [-0.15, -0.1) is 0 Å². The second-order valence-electron chi connectivity index (χ2n) is 14.7. The van der Waals surface area contributed by atoms with Crippen LogP contribution in [0.5, 0.6) is 5.75 Å². The summed E-state index contributed by atoms with van der Waals surface area (Å²) >= 11 is 0. The van der Waals surface area contributed by atoms with Crippen molar-refractivity contribution in [2.45, 2.75) is 90.1 Å². The number of ether oxygens (including phenoxy) is 2. The molecule has 4 aliphatic carbocycles. The summed E-state index contributed by atoms with van der Waals surface area (Å²) in [4.78, 5) is 65.4. The Morgan fingerprint density at radius 1 is 1.02 bits per heavy atom. The van der Waals surface area contributed by atoms with E-state index in [-0.39, 0.29) is 48.6 Å². The van der Waals surface area contributed by atoms with E-state index in [9.17, 15) is 34.2 Å². The zero-order valence-electron chi connectivity index (χ0n) is 28.0. The number of aliphatic hydroxyl groups is 1. The number of methoxy groups -OCH3 is 1. The number of carboxylic acid groups (broad SMARTS) is 1. The first-order valence-electron chi connectivity index (χ1n) is 17.1. The van der Waals surface area contributed by atoms with Gasteiger partial charge >= 0.3 is 11.9 Å². The van der Waals surface area contributed by atoms with Crippen molar-refractivity contribution in [1.29, 1.82) is 0 Å². The minimum atomic E-state index is -1.58. The fraction of sp³-hybridized carbons (Fsp3) is 0.595. The number of carbonyl (C=O) groups excluding carboxylic acids is 4. The molecule has 1 heterocycles. The van der Waals surface area contributed by atoms with Crippen LogP contribution in [0.3, 0.4) is 0 Å². The fourth-order valence-electron chi connectivity index (χ4n) is 9.80. The average molecular weight is 663 g/mol. The van der Waals surface area contributed by atoms with E-state index in [0.29, 0.717) is 53.3 Å². The normalized spacial score (nSPS) is 30.9. The van der Waals surface area contributed by atoms with Crippen molar-refractivity contribution in [3.8, 4) is 5.75 Å². The smallest absolute Gasteiger partial charge is 0.352 e. The Bertz CT molecular complexity index is 1690. The number of fused-ring (bicyclic) bond motifs is 6. The van der Waals surface area contributed by atoms with Crippen LogP contribution in [0.25, 0.3) is 10.9 Å². The van der Waals surface area contributed by atoms with Crippen LogP contribution in [0.15, 0.2) is 29.8 Å². The molecule has 0 saturated heterocycles. The second kappa shape index (κ2) is 12.8. The topological polar surface area (TPSA) is 172 Å². The monoisotopic (exact) mass is 662 g/mol. The molecule has 6 atom stereocenters. The van der Waals surface area contributed by atoms with Gasteiger partial charge in [-0.05, 0) is 104 Å². The lowest BCUT2D eigenvalue weighted by Crippen LogP contribution is -2.58. The van der Waals surface area contributed by atoms with Crippen molar-refractivity contribution in [2.24, 2.45) is 28.6 Å². The number of allylic oxidation sites excluding steroid dienone is 1. The van der Waals surface area contributed by atoms with Crippen LogP contribution in [0.2, 0.25) is 0 Å². The van der Waals surface area contributed by atoms with Crippen LogP contribution >= 0.6 is 0 Å². The predicted octanol–water partition coefficient (Wildman–Crippen LogP) is 4.69. The van der Waals surface area contributed by atoms with Crippen molar-refractivity contribution in [3.63, 3.8) is 0 Å². The predicted molar refractivity (Wildman–Crippen MR) is 175 cm³/mol. The number of aromatic amines is 1. The Morgan fingerprint density at radius 3 is 2.54 bits per heavy atom. The molecule has 4 N–H and O–H groups in total. The third-order valence-electron chi connectivity index (χ3n) is 12.5. The number of benzene rings is 1. The number of hydrogen-bond donors (Lipinski definition) is 4. The highest BCUT2D eigenvalue weighted by Crippen LogP contribution is 2.67. The molecular weight excluding hydrogens is 616 g/mol. The quantitative estimate of drug-likeness (QED) is 0.249. The number of aromatic carboxylic acids is 1. The molecule has 4 aliphatic rings. The highest BCUT2D eigenvalue weighted by Gasteiger charge is 2.66. The van der Waals surface area contributed by atoms with Crippen LogP contribution in [0.1, 0.15) is 94.1 Å². The largest absolute Gasteiger partial charge is 0.497 e. The maximum Gasteiger partial charge on any atom is 0.352 e. The van der Waals surface area contributed by atoms with Gasteiger partial charge in [0.05, 0.1) is 13.5 Å². The zero-order valence-corrected chi connectivity index (χ0v) is 28.0. The Labute approximate surface area is 279 Å². The summed E-state index contributed by atoms with van der Waals surface area (Å²) in [5.41, 5.74) is 0.293. The molecular formula is C37H46N2O9. The molecule has 11 heteroatoms. The van der Waals surface area contributed by atoms with E-state index >= 15 is 0 Å². The molecule has 0 bridgehead atoms. The van der Waals surface area contributed by atoms with Gasteiger partial charge in [0.1, 0.15) is 17.0 Å². The zero-order chi connectivity index (χ0) is 34.4. The highest BCUT2D eigenvalue weighted by atomic mass is 16.5. The first kappa shape index (κ1) is 33.9. The van der Waals surface area contributed by atoms with E-state index in [2.05, 4.69) is 17.2 Å². The molecule has 2 aromatic rings. The van der Waals surface area contributed by atoms with E-state index < -0.39 is 41.3 Å². The molecule has 3 fully saturated rings. The van der Waals surface area contributed by atoms with Gasteiger partial charge in [0.15, 0.2) is 12.4 Å². The molecule has 11 nitrogen and oxygen atoms in total. The summed E-state index contributed by atoms with van der Waals surface area (Å²) in [5.74, 6) is -0.929. The van der Waals surface area contributed by atoms with E-state index in [1.807, 2.05) is 13.0 Å². The molecule has 258 valence electrons. The third-order valence-corrected chi connectivity index (χ3v) is 12.5. The minimum absolute atomic E-state index is 0.00331. The van der Waals surface area contributed by atoms with Gasteiger partial charge in [0, 0.05) is 35.7 Å². The number of ketones is 2. The number of carboxylic acids is 1. The number of rotatable bonds is 11. The molecule has 1 aromatic carbocycles. The maximum atomic E-state index is 13.5. The van der Waals surface area contributed by atoms with Gasteiger partial charge < -0.3 is 30.0 Å². The summed E-state index contributed by atoms with van der Waals surface area (Å²) in [6.45, 7) is 3.94. The van der Waals surface area contributed by atoms with Crippen molar-refractivity contribution in [3.05, 3.63) is 41.1 Å². The number of H-pyrrole nitrogens is 1. The minimum Gasteiger partial charge on any atom is -0.497 e. The maximum absolute atomic E-state index is 13.5. The lowest BCUT2D eigenvalue weighted by atomic mass is 9.46. The number of aromatic nitrogens is 1. The first-order chi connectivity index (χ1) is 22.8. The Hall–Kier alpha value is -3.99. The van der Waals surface area contributed by atoms with Crippen LogP contribution in [-0.4, -0.2) is 70.5 Å². The molecule has 0 radical (unpaired) electrons. The molecule has 0 spiro atoms. The number of nitrogens with one attached hydrogen (secondary N) is 2. The van der Waals surface area contributed by atoms with E-state index in [0.717, 1.165) is 32.1 Å². The number of hydrogen-bond acceptors (Lipinski definition) is 8. The number of esters is 1. The van der Waals surface area contributed by atoms with Crippen molar-refractivity contribution < 1.29 is 43.7 Å². The summed E-state index contributed by atoms with van der Waals surface area (Å²) < 4.78 is 10.5. The fourth-order valence-corrected chi connectivity index (χ4v) is 9.80. The summed E-state index contributed by atoms with van der Waals surface area (Å²) in [6, 6.07) is 5.20. The summed E-state index contributed by atoms with van der Waals surface area (Å²) in [5, 5.41) is 24.9. The first-order valence-corrected chi connectivity index (χ1v) is 17.1. The number of amides is 1. The molecule has 48 heavy (non-hydrogen) atoms. The third kappa shape index (κ3) is 5.73. The Balaban J connectivity index is 0.990. The average Bonchev–Trinajstić information content (AvgIpc) is 3.57. The molecule has 0 unspecified atom stereocenters. The van der Waals surface area contributed by atoms with Crippen LogP contribution in [0.4, 0.5) is 0 Å². The number of carbonyl (C=O) groups is 5. The van der Waals surface area contributed by atoms with Gasteiger partial charge in [-0.3, -0.25) is 19.2 Å². The van der Waals surface area contributed by atoms with E-state index in [1.165, 1.54) is 12.7 Å². The lowest BCUT2D eigenvalue weighted by Gasteiger charge is -2.58. The number of Topliss-reactive ketones (excluding diaryl/α,β-unsaturated/α-hetero) is 1. The molecule has 1 aromatic heterocycles. The molecule has 6 rings (SSSR count). The molecule has 1 amide bonds. The SMILES string of the molecule is COc1ccc2[nH]c(C(=O)O)c(CCNC(=O)CCC(=O)OCC(=O)[C@@]3(O)CC[C@@H]4[C@H]5CCC6=CC(=O)CC[C@]6(C)[C@H]5CC[C@@]43C)c2c1. The van der Waals surface area contributed by atoms with Gasteiger partial charge in [0.2, 0.25) is 11.7 Å². The standard InChI is InChI=1S/C37H46N2O9/c1-35-14-10-22(40)18-21(35)4-6-25-27(35)11-15-36(2)28(25)12-16-37(36,46)30(41)20-48-32(43)9-8-31(42)38-17-13-24-26-19-23(47-3)5-7-29(26)39-33(24)34(44)45/h5,7,18-19,25,27-28,39,46H,4,6,8-17,20H2,1-3H3,(H,38,42)(H,44,45)/t25-,27-,28+,35-,36-,37-/m0/s1. The summed E-state index contributed by atoms with van der Waals surface area (Å²) in [6.07, 6.45) is 7.67. The lowest BCUT2D eigenvalue weighted by molar-refractivity contribution is -0.170. The second-order valence-corrected chi connectivity index (χ2v) is 14.7. The van der Waals surface area contributed by atoms with Crippen molar-refractivity contribution in [1.82, 2.24) is 10.3 Å². The van der Waals surface area contributed by atoms with Crippen LogP contribution < -0.4 is 10.1 Å². The van der Waals surface area contributed by atoms with Crippen LogP contribution in [0, 0.1) is 28.6 Å². The van der Waals surface area contributed by atoms with Gasteiger partial charge in [-0.2, -0.15) is 0 Å². The Kier molecular flexibility index (Phi) is 9.04. The summed E-state index contributed by atoms with van der Waals surface area (Å²) in [7, 11) is 1.52. The molecule has 0 aliphatic heterocycles. The van der Waals surface area contributed by atoms with Gasteiger partial charge in [0.25, 0.3) is 0 Å². The van der Waals surface area contributed by atoms with Crippen molar-refractivity contribution >= 4 is 40.3 Å². The van der Waals surface area contributed by atoms with Crippen molar-refractivity contribution in [2.75, 3.05) is 20.3 Å². The highest BCUT2D eigenvalue weighted by molar-refractivity contribution is 5.98. The van der Waals surface area contributed by atoms with E-state index in [1.54, 1.807) is 18.2 Å².